The van der Waals surface area contributed by atoms with Crippen molar-refractivity contribution in [2.75, 3.05) is 0 Å². The lowest BCUT2D eigenvalue weighted by atomic mass is 10.1. The van der Waals surface area contributed by atoms with Crippen LogP contribution in [0.25, 0.3) is 0 Å². The fourth-order valence-electron chi connectivity index (χ4n) is 1.10. The highest BCUT2D eigenvalue weighted by Gasteiger charge is 1.84. The second kappa shape index (κ2) is 6.83. The Morgan fingerprint density at radius 2 is 1.71 bits per heavy atom. The van der Waals surface area contributed by atoms with E-state index in [4.69, 9.17) is 0 Å². The van der Waals surface area contributed by atoms with Gasteiger partial charge in [-0.1, -0.05) is 43.7 Å². The molecule has 1 N–H and O–H groups in total. The van der Waals surface area contributed by atoms with E-state index in [-0.39, 0.29) is 0 Å². The molecule has 3 heteroatoms. The first kappa shape index (κ1) is 10.4. The lowest BCUT2D eigenvalue weighted by Crippen LogP contribution is -1.78. The van der Waals surface area contributed by atoms with Gasteiger partial charge in [-0.05, 0) is 12.0 Å². The monoisotopic (exact) mass is 189 g/mol. The van der Waals surface area contributed by atoms with E-state index in [0.717, 1.165) is 0 Å². The molecule has 0 saturated carbocycles. The third kappa shape index (κ3) is 4.40. The van der Waals surface area contributed by atoms with Crippen molar-refractivity contribution in [3.63, 3.8) is 0 Å². The van der Waals surface area contributed by atoms with E-state index in [0.29, 0.717) is 0 Å². The molecule has 0 atom stereocenters. The minimum Gasteiger partial charge on any atom is -0.198 e. The first-order chi connectivity index (χ1) is 6.93. The Hall–Kier alpha value is -1.64. The maximum Gasteiger partial charge on any atom is 0.0690 e. The first-order valence-electron chi connectivity index (χ1n) is 4.77. The molecule has 1 aromatic carbocycles. The molecule has 0 aliphatic heterocycles. The standard InChI is InChI=1S/C9H12.C2H3N3/c1-2-6-9-7-4-3-5-8-9;1-2-4-5-3-1/h3-5,7-8H,2,6H2,1H3;1-2H,(H,3,4,5). The summed E-state index contributed by atoms with van der Waals surface area (Å²) in [4.78, 5) is 0. The largest absolute Gasteiger partial charge is 0.198 e. The van der Waals surface area contributed by atoms with Gasteiger partial charge in [0.25, 0.3) is 0 Å². The number of benzene rings is 1. The number of aryl methyl sites for hydroxylation is 1. The summed E-state index contributed by atoms with van der Waals surface area (Å²) < 4.78 is 0. The van der Waals surface area contributed by atoms with Crippen molar-refractivity contribution in [2.24, 2.45) is 0 Å². The Kier molecular flexibility index (Phi) is 5.09. The van der Waals surface area contributed by atoms with Gasteiger partial charge in [0.15, 0.2) is 0 Å². The summed E-state index contributed by atoms with van der Waals surface area (Å²) in [5, 5.41) is 9.33. The summed E-state index contributed by atoms with van der Waals surface area (Å²) in [6, 6.07) is 10.6. The number of H-pyrrole nitrogens is 1. The molecular weight excluding hydrogens is 174 g/mol. The molecule has 0 aliphatic rings. The van der Waals surface area contributed by atoms with E-state index in [2.05, 4.69) is 52.7 Å². The average Bonchev–Trinajstić information content (AvgIpc) is 2.78. The average molecular weight is 189 g/mol. The molecule has 0 aliphatic carbocycles. The van der Waals surface area contributed by atoms with E-state index in [1.807, 2.05) is 0 Å². The van der Waals surface area contributed by atoms with Crippen LogP contribution in [-0.4, -0.2) is 15.4 Å². The number of nitrogens with zero attached hydrogens (tertiary/aromatic N) is 2. The maximum atomic E-state index is 3.49. The Balaban J connectivity index is 0.000000165. The van der Waals surface area contributed by atoms with Gasteiger partial charge < -0.3 is 0 Å². The Morgan fingerprint density at radius 1 is 1.07 bits per heavy atom. The quantitative estimate of drug-likeness (QED) is 0.788. The zero-order valence-electron chi connectivity index (χ0n) is 8.35. The molecule has 0 radical (unpaired) electrons. The Labute approximate surface area is 84.2 Å². The van der Waals surface area contributed by atoms with Gasteiger partial charge in [0.1, 0.15) is 0 Å². The van der Waals surface area contributed by atoms with Crippen LogP contribution in [0.3, 0.4) is 0 Å². The normalized spacial score (nSPS) is 8.93. The van der Waals surface area contributed by atoms with Crippen LogP contribution >= 0.6 is 0 Å². The van der Waals surface area contributed by atoms with Gasteiger partial charge >= 0.3 is 0 Å². The summed E-state index contributed by atoms with van der Waals surface area (Å²) >= 11 is 0. The van der Waals surface area contributed by atoms with E-state index >= 15 is 0 Å². The minimum absolute atomic E-state index is 1.21. The van der Waals surface area contributed by atoms with Crippen molar-refractivity contribution in [3.8, 4) is 0 Å². The molecule has 0 amide bonds. The predicted octanol–water partition coefficient (Wildman–Crippen LogP) is 2.44. The van der Waals surface area contributed by atoms with Gasteiger partial charge in [-0.2, -0.15) is 15.4 Å². The zero-order chi connectivity index (χ0) is 10.1. The van der Waals surface area contributed by atoms with E-state index in [1.54, 1.807) is 12.4 Å². The molecule has 1 heterocycles. The van der Waals surface area contributed by atoms with Gasteiger partial charge in [-0.3, -0.25) is 0 Å². The second-order valence-electron chi connectivity index (χ2n) is 2.89. The number of aromatic amines is 1. The fraction of sp³-hybridized carbons (Fsp3) is 0.273. The predicted molar refractivity (Wildman–Crippen MR) is 56.8 cm³/mol. The minimum atomic E-state index is 1.21. The molecule has 74 valence electrons. The van der Waals surface area contributed by atoms with Crippen LogP contribution in [0.1, 0.15) is 18.9 Å². The lowest BCUT2D eigenvalue weighted by Gasteiger charge is -1.93. The highest BCUT2D eigenvalue weighted by atomic mass is 15.3. The number of aromatic nitrogens is 3. The van der Waals surface area contributed by atoms with Crippen molar-refractivity contribution in [1.82, 2.24) is 15.4 Å². The number of hydrogen-bond acceptors (Lipinski definition) is 2. The molecule has 0 spiro atoms. The molecule has 0 saturated heterocycles. The maximum absolute atomic E-state index is 3.49. The highest BCUT2D eigenvalue weighted by molar-refractivity contribution is 5.14. The molecule has 0 fully saturated rings. The molecule has 0 bridgehead atoms. The molecule has 0 unspecified atom stereocenters. The molecule has 2 aromatic rings. The summed E-state index contributed by atoms with van der Waals surface area (Å²) in [7, 11) is 0. The molecule has 14 heavy (non-hydrogen) atoms. The molecule has 2 rings (SSSR count). The Bertz CT molecular complexity index is 285. The van der Waals surface area contributed by atoms with Crippen molar-refractivity contribution < 1.29 is 0 Å². The van der Waals surface area contributed by atoms with Crippen molar-refractivity contribution in [2.45, 2.75) is 19.8 Å². The zero-order valence-corrected chi connectivity index (χ0v) is 8.35. The third-order valence-electron chi connectivity index (χ3n) is 1.71. The first-order valence-corrected chi connectivity index (χ1v) is 4.77. The van der Waals surface area contributed by atoms with Crippen LogP contribution in [0.15, 0.2) is 42.7 Å². The van der Waals surface area contributed by atoms with Crippen LogP contribution in [0.4, 0.5) is 0 Å². The summed E-state index contributed by atoms with van der Waals surface area (Å²) in [5.74, 6) is 0. The van der Waals surface area contributed by atoms with Gasteiger partial charge in [0.05, 0.1) is 12.4 Å². The summed E-state index contributed by atoms with van der Waals surface area (Å²) in [6.07, 6.45) is 5.62. The number of hydrogen-bond donors (Lipinski definition) is 1. The van der Waals surface area contributed by atoms with Crippen molar-refractivity contribution in [1.29, 1.82) is 0 Å². The smallest absolute Gasteiger partial charge is 0.0690 e. The fourth-order valence-corrected chi connectivity index (χ4v) is 1.10. The SMILES string of the molecule is CCCc1ccccc1.c1cn[nH]n1. The second-order valence-corrected chi connectivity index (χ2v) is 2.89. The molecule has 1 aromatic heterocycles. The van der Waals surface area contributed by atoms with Crippen LogP contribution in [0.2, 0.25) is 0 Å². The summed E-state index contributed by atoms with van der Waals surface area (Å²) in [6.45, 7) is 2.20. The van der Waals surface area contributed by atoms with Crippen LogP contribution in [0.5, 0.6) is 0 Å². The topological polar surface area (TPSA) is 41.6 Å². The van der Waals surface area contributed by atoms with Gasteiger partial charge in [0.2, 0.25) is 0 Å². The van der Waals surface area contributed by atoms with Crippen LogP contribution in [0, 0.1) is 0 Å². The van der Waals surface area contributed by atoms with Gasteiger partial charge in [0, 0.05) is 0 Å². The van der Waals surface area contributed by atoms with E-state index in [1.165, 1.54) is 18.4 Å². The van der Waals surface area contributed by atoms with Crippen LogP contribution in [-0.2, 0) is 6.42 Å². The van der Waals surface area contributed by atoms with Gasteiger partial charge in [-0.15, -0.1) is 0 Å². The molecular formula is C11H15N3. The lowest BCUT2D eigenvalue weighted by molar-refractivity contribution is 0.922. The third-order valence-corrected chi connectivity index (χ3v) is 1.71. The highest BCUT2D eigenvalue weighted by Crippen LogP contribution is 2.00. The summed E-state index contributed by atoms with van der Waals surface area (Å²) in [5.41, 5.74) is 1.44. The van der Waals surface area contributed by atoms with Crippen molar-refractivity contribution >= 4 is 0 Å². The van der Waals surface area contributed by atoms with Crippen molar-refractivity contribution in [3.05, 3.63) is 48.3 Å². The van der Waals surface area contributed by atoms with Gasteiger partial charge in [-0.25, -0.2) is 0 Å². The molecule has 3 nitrogen and oxygen atoms in total. The van der Waals surface area contributed by atoms with E-state index < -0.39 is 0 Å². The van der Waals surface area contributed by atoms with Crippen LogP contribution < -0.4 is 0 Å². The van der Waals surface area contributed by atoms with E-state index in [9.17, 15) is 0 Å². The Morgan fingerprint density at radius 3 is 2.14 bits per heavy atom. The number of rotatable bonds is 2. The number of nitrogens with one attached hydrogen (secondary N) is 1.